The summed E-state index contributed by atoms with van der Waals surface area (Å²) in [6.45, 7) is 0. The predicted molar refractivity (Wildman–Crippen MR) is 84.6 cm³/mol. The van der Waals surface area contributed by atoms with Crippen LogP contribution in [0, 0.1) is 0 Å². The van der Waals surface area contributed by atoms with Crippen molar-refractivity contribution in [1.82, 2.24) is 9.97 Å². The zero-order valence-corrected chi connectivity index (χ0v) is 16.1. The van der Waals surface area contributed by atoms with Gasteiger partial charge in [-0.25, -0.2) is 9.13 Å². The number of carboxylic acids is 2. The average molecular weight is 442 g/mol. The number of carboxylic acid groups (broad SMARTS) is 2. The Balaban J connectivity index is 0.000000485. The smallest absolute Gasteiger partial charge is 0.275 e. The number of H-pyrrole nitrogens is 2. The number of aliphatic carboxylic acids is 2. The Bertz CT molecular complexity index is 872. The van der Waals surface area contributed by atoms with Crippen LogP contribution in [0.5, 0.6) is 0 Å². The monoisotopic (exact) mass is 442 g/mol. The zero-order valence-electron chi connectivity index (χ0n) is 14.5. The van der Waals surface area contributed by atoms with Crippen molar-refractivity contribution in [3.05, 3.63) is 37.4 Å². The maximum atomic E-state index is 10.4. The van der Waals surface area contributed by atoms with Crippen LogP contribution in [-0.2, 0) is 43.9 Å². The van der Waals surface area contributed by atoms with Crippen molar-refractivity contribution >= 4 is 32.2 Å². The highest BCUT2D eigenvalue weighted by atomic mass is 32.2. The summed E-state index contributed by atoms with van der Waals surface area (Å²) >= 11 is 0. The molecule has 4 N–H and O–H groups in total. The molecule has 16 heteroatoms. The van der Waals surface area contributed by atoms with E-state index in [2.05, 4.69) is 9.97 Å². The molecule has 0 spiro atoms. The third kappa shape index (κ3) is 9.21. The van der Waals surface area contributed by atoms with E-state index in [1.807, 2.05) is 60.7 Å². The van der Waals surface area contributed by atoms with Crippen molar-refractivity contribution in [3.8, 4) is 0 Å². The molecule has 2 aromatic heterocycles. The molecular weight excluding hydrogens is 424 g/mol. The molecule has 0 amide bonds. The first-order valence-electron chi connectivity index (χ1n) is 6.98. The van der Waals surface area contributed by atoms with Crippen molar-refractivity contribution in [2.75, 3.05) is 0 Å². The van der Waals surface area contributed by atoms with E-state index in [0.717, 1.165) is 0 Å². The number of hydrogen-bond acceptors (Lipinski definition) is 8. The molecule has 0 fully saturated rings. The number of nitrogens with zero attached hydrogens (tertiary/aromatic N) is 2. The molecule has 2 atom stereocenters. The quantitative estimate of drug-likeness (QED) is 0.254. The molecule has 0 bridgehead atoms. The topological polar surface area (TPSA) is 228 Å². The third-order valence-corrected chi connectivity index (χ3v) is 5.13. The number of carbonyl (C=O) groups excluding carboxylic acids is 2. The second kappa shape index (κ2) is 10.5. The highest BCUT2D eigenvalue weighted by Gasteiger charge is 2.42. The summed E-state index contributed by atoms with van der Waals surface area (Å²) < 4.78 is 62.3. The third-order valence-electron chi connectivity index (χ3n) is 2.75. The van der Waals surface area contributed by atoms with Gasteiger partial charge in [-0.1, -0.05) is 0 Å². The largest absolute Gasteiger partial charge is 0.549 e. The van der Waals surface area contributed by atoms with Gasteiger partial charge in [-0.05, 0) is 0 Å². The van der Waals surface area contributed by atoms with Gasteiger partial charge in [0.05, 0.1) is 26.0 Å². The average Bonchev–Trinajstić information content (AvgIpc) is 3.16. The Morgan fingerprint density at radius 3 is 1.18 bits per heavy atom. The van der Waals surface area contributed by atoms with Crippen molar-refractivity contribution in [3.63, 3.8) is 0 Å². The summed E-state index contributed by atoms with van der Waals surface area (Å²) in [7, 11) is -7.29. The van der Waals surface area contributed by atoms with Gasteiger partial charge in [-0.15, -0.1) is 0 Å². The van der Waals surface area contributed by atoms with E-state index < -0.39 is 42.7 Å². The van der Waals surface area contributed by atoms with E-state index in [1.165, 1.54) is 0 Å². The SMILES string of the molecule is C[n+]1cc[nH]c1.C[n+]1cc[nH]c1.O=C([O-])C(C(C(=O)[O-])S(=O)(=O)O)S(=O)(=O)O. The van der Waals surface area contributed by atoms with Gasteiger partial charge >= 0.3 is 0 Å². The van der Waals surface area contributed by atoms with Gasteiger partial charge in [-0.2, -0.15) is 16.8 Å². The molecular formula is C12H18N4O10S2. The molecule has 0 aromatic carbocycles. The maximum absolute atomic E-state index is 10.4. The summed E-state index contributed by atoms with van der Waals surface area (Å²) in [5.74, 6) is -5.43. The molecule has 0 aliphatic rings. The molecule has 14 nitrogen and oxygen atoms in total. The Labute approximate surface area is 159 Å². The molecule has 2 rings (SSSR count). The summed E-state index contributed by atoms with van der Waals surface area (Å²) in [5, 5.41) is 13.7. The van der Waals surface area contributed by atoms with Crippen LogP contribution < -0.4 is 19.3 Å². The molecule has 0 radical (unpaired) electrons. The van der Waals surface area contributed by atoms with Crippen LogP contribution >= 0.6 is 0 Å². The summed E-state index contributed by atoms with van der Waals surface area (Å²) in [5.41, 5.74) is 0. The van der Waals surface area contributed by atoms with Gasteiger partial charge < -0.3 is 19.8 Å². The number of imidazole rings is 2. The molecule has 2 aromatic rings. The first-order valence-corrected chi connectivity index (χ1v) is 9.99. The first kappa shape index (κ1) is 25.2. The molecule has 0 aliphatic carbocycles. The lowest BCUT2D eigenvalue weighted by Gasteiger charge is -2.23. The van der Waals surface area contributed by atoms with Gasteiger partial charge in [0, 0.05) is 0 Å². The van der Waals surface area contributed by atoms with E-state index in [9.17, 15) is 36.6 Å². The van der Waals surface area contributed by atoms with E-state index in [0.29, 0.717) is 0 Å². The highest BCUT2D eigenvalue weighted by Crippen LogP contribution is 2.12. The number of carbonyl (C=O) groups is 2. The van der Waals surface area contributed by atoms with E-state index in [-0.39, 0.29) is 0 Å². The first-order chi connectivity index (χ1) is 12.7. The van der Waals surface area contributed by atoms with Gasteiger partial charge in [-0.3, -0.25) is 19.1 Å². The van der Waals surface area contributed by atoms with Crippen LogP contribution in [0.1, 0.15) is 0 Å². The van der Waals surface area contributed by atoms with Crippen LogP contribution in [0.4, 0.5) is 0 Å². The molecule has 2 heterocycles. The fourth-order valence-electron chi connectivity index (χ4n) is 1.53. The Morgan fingerprint density at radius 1 is 0.821 bits per heavy atom. The van der Waals surface area contributed by atoms with Crippen molar-refractivity contribution in [1.29, 1.82) is 0 Å². The van der Waals surface area contributed by atoms with E-state index in [4.69, 9.17) is 9.11 Å². The highest BCUT2D eigenvalue weighted by molar-refractivity contribution is 7.91. The van der Waals surface area contributed by atoms with Gasteiger partial charge in [0.1, 0.15) is 24.8 Å². The Kier molecular flexibility index (Phi) is 9.44. The minimum atomic E-state index is -5.61. The second-order valence-electron chi connectivity index (χ2n) is 5.06. The van der Waals surface area contributed by atoms with Crippen LogP contribution in [-0.4, -0.2) is 58.3 Å². The van der Waals surface area contributed by atoms with Crippen molar-refractivity contribution in [2.24, 2.45) is 14.1 Å². The van der Waals surface area contributed by atoms with Crippen LogP contribution in [0.2, 0.25) is 0 Å². The van der Waals surface area contributed by atoms with Gasteiger partial charge in [0.2, 0.25) is 12.7 Å². The molecule has 0 saturated heterocycles. The van der Waals surface area contributed by atoms with Crippen molar-refractivity contribution in [2.45, 2.75) is 10.5 Å². The lowest BCUT2D eigenvalue weighted by molar-refractivity contribution is -0.670. The summed E-state index contributed by atoms with van der Waals surface area (Å²) in [4.78, 5) is 26.2. The standard InChI is InChI=1S/2C4H6N2.C4H6O10S2/c2*1-6-3-2-5-4-6;5-3(6)1(15(9,10)11)2(4(7)8)16(12,13)14/h2*2-4H,1H3;1-2H,(H,5,6)(H,7,8)(H,9,10,11)(H,12,13,14). The van der Waals surface area contributed by atoms with Crippen LogP contribution in [0.25, 0.3) is 0 Å². The molecule has 0 aliphatic heterocycles. The minimum absolute atomic E-state index is 1.88. The fraction of sp³-hybridized carbons (Fsp3) is 0.333. The predicted octanol–water partition coefficient (Wildman–Crippen LogP) is -5.32. The van der Waals surface area contributed by atoms with E-state index >= 15 is 0 Å². The summed E-state index contributed by atoms with van der Waals surface area (Å²) in [6.07, 6.45) is 11.4. The van der Waals surface area contributed by atoms with E-state index in [1.54, 1.807) is 0 Å². The molecule has 0 saturated carbocycles. The number of aryl methyl sites for hydroxylation is 2. The molecule has 2 unspecified atom stereocenters. The van der Waals surface area contributed by atoms with Crippen LogP contribution in [0.15, 0.2) is 37.4 Å². The van der Waals surface area contributed by atoms with Gasteiger partial charge in [0.25, 0.3) is 20.2 Å². The molecule has 28 heavy (non-hydrogen) atoms. The second-order valence-corrected chi connectivity index (χ2v) is 8.14. The van der Waals surface area contributed by atoms with Crippen molar-refractivity contribution < 1.29 is 54.9 Å². The number of aromatic nitrogens is 4. The number of aromatic amines is 2. The summed E-state index contributed by atoms with van der Waals surface area (Å²) in [6, 6.07) is 0. The minimum Gasteiger partial charge on any atom is -0.549 e. The number of rotatable bonds is 5. The lowest BCUT2D eigenvalue weighted by Crippen LogP contribution is -2.57. The Morgan fingerprint density at radius 2 is 1.11 bits per heavy atom. The zero-order chi connectivity index (χ0) is 22.1. The van der Waals surface area contributed by atoms with Gasteiger partial charge in [0.15, 0.2) is 10.5 Å². The maximum Gasteiger partial charge on any atom is 0.275 e. The number of nitrogens with one attached hydrogen (secondary N) is 2. The number of hydrogen-bond donors (Lipinski definition) is 4. The van der Waals surface area contributed by atoms with Crippen LogP contribution in [0.3, 0.4) is 0 Å². The normalized spacial score (nSPS) is 13.1. The Hall–Kier alpha value is -2.82. The fourth-order valence-corrected chi connectivity index (χ4v) is 3.71. The molecule has 158 valence electrons. The lowest BCUT2D eigenvalue weighted by atomic mass is 10.3.